The molecule has 10 rings (SSSR count). The summed E-state index contributed by atoms with van der Waals surface area (Å²) in [6, 6.07) is 65.7. The third kappa shape index (κ3) is 4.91. The highest BCUT2D eigenvalue weighted by atomic mass is 15.1. The van der Waals surface area contributed by atoms with Crippen molar-refractivity contribution >= 4 is 65.8 Å². The van der Waals surface area contributed by atoms with Crippen molar-refractivity contribution in [3.63, 3.8) is 0 Å². The molecule has 2 aromatic heterocycles. The summed E-state index contributed by atoms with van der Waals surface area (Å²) in [5.74, 6) is 0. The van der Waals surface area contributed by atoms with E-state index < -0.39 is 0 Å². The Labute approximate surface area is 308 Å². The maximum absolute atomic E-state index is 6.50. The third-order valence-corrected chi connectivity index (χ3v) is 11.0. The van der Waals surface area contributed by atoms with Crippen molar-refractivity contribution in [2.45, 2.75) is 12.5 Å². The number of para-hydroxylation sites is 5. The van der Waals surface area contributed by atoms with Crippen LogP contribution in [-0.2, 0) is 6.42 Å². The van der Waals surface area contributed by atoms with Crippen molar-refractivity contribution < 1.29 is 0 Å². The van der Waals surface area contributed by atoms with Gasteiger partial charge in [0.25, 0.3) is 0 Å². The third-order valence-electron chi connectivity index (χ3n) is 11.0. The molecule has 0 spiro atoms. The first-order valence-corrected chi connectivity index (χ1v) is 18.3. The van der Waals surface area contributed by atoms with Crippen molar-refractivity contribution in [2.75, 3.05) is 17.7 Å². The average Bonchev–Trinajstić information content (AvgIpc) is 3.75. The minimum absolute atomic E-state index is 0.104. The molecule has 0 aliphatic heterocycles. The Morgan fingerprint density at radius 2 is 0.925 bits per heavy atom. The van der Waals surface area contributed by atoms with Gasteiger partial charge in [0.1, 0.15) is 0 Å². The van der Waals surface area contributed by atoms with Gasteiger partial charge in [-0.3, -0.25) is 0 Å². The van der Waals surface area contributed by atoms with Crippen LogP contribution in [0.3, 0.4) is 0 Å². The fourth-order valence-corrected chi connectivity index (χ4v) is 8.64. The maximum Gasteiger partial charge on any atom is 0.0795 e. The highest BCUT2D eigenvalue weighted by molar-refractivity contribution is 6.36. The van der Waals surface area contributed by atoms with Gasteiger partial charge in [-0.1, -0.05) is 133 Å². The normalized spacial score (nSPS) is 12.3. The van der Waals surface area contributed by atoms with E-state index in [9.17, 15) is 0 Å². The van der Waals surface area contributed by atoms with Crippen LogP contribution >= 0.6 is 0 Å². The van der Waals surface area contributed by atoms with E-state index in [-0.39, 0.29) is 6.04 Å². The van der Waals surface area contributed by atoms with Crippen molar-refractivity contribution in [1.29, 1.82) is 0 Å². The number of nitrogen functional groups attached to an aromatic ring is 1. The van der Waals surface area contributed by atoms with Gasteiger partial charge in [-0.05, 0) is 76.9 Å². The summed E-state index contributed by atoms with van der Waals surface area (Å²) in [4.78, 5) is 2.32. The number of anilines is 2. The molecule has 0 saturated heterocycles. The molecule has 0 aliphatic rings. The van der Waals surface area contributed by atoms with Gasteiger partial charge >= 0.3 is 0 Å². The quantitative estimate of drug-likeness (QED) is 0.170. The van der Waals surface area contributed by atoms with E-state index in [1.54, 1.807) is 0 Å². The molecule has 10 aromatic rings. The average molecular weight is 683 g/mol. The molecular weight excluding hydrogens is 645 g/mol. The molecule has 53 heavy (non-hydrogen) atoms. The molecule has 0 fully saturated rings. The molecule has 0 bridgehead atoms. The molecule has 0 aliphatic carbocycles. The number of nitrogens with two attached hydrogens (primary N) is 1. The van der Waals surface area contributed by atoms with Crippen molar-refractivity contribution in [2.24, 2.45) is 0 Å². The predicted octanol–water partition coefficient (Wildman–Crippen LogP) is 12.0. The molecule has 8 aromatic carbocycles. The lowest BCUT2D eigenvalue weighted by atomic mass is 9.96. The van der Waals surface area contributed by atoms with Gasteiger partial charge in [0.15, 0.2) is 0 Å². The second-order valence-electron chi connectivity index (χ2n) is 14.0. The van der Waals surface area contributed by atoms with Gasteiger partial charge in [0.05, 0.1) is 39.5 Å². The molecule has 0 amide bonds. The summed E-state index contributed by atoms with van der Waals surface area (Å²) in [6.45, 7) is 0. The Morgan fingerprint density at radius 3 is 1.49 bits per heavy atom. The summed E-state index contributed by atoms with van der Waals surface area (Å²) in [5.41, 5.74) is 18.0. The molecular formula is C49H38N4. The molecule has 0 saturated carbocycles. The number of nitrogens with zero attached hydrogens (tertiary/aromatic N) is 3. The topological polar surface area (TPSA) is 39.1 Å². The molecule has 4 heteroatoms. The van der Waals surface area contributed by atoms with Crippen LogP contribution in [-0.4, -0.2) is 16.2 Å². The van der Waals surface area contributed by atoms with Crippen LogP contribution in [0.25, 0.3) is 65.8 Å². The van der Waals surface area contributed by atoms with Crippen LogP contribution in [0.15, 0.2) is 182 Å². The highest BCUT2D eigenvalue weighted by Crippen LogP contribution is 2.46. The van der Waals surface area contributed by atoms with E-state index in [0.717, 1.165) is 29.2 Å². The first-order valence-electron chi connectivity index (χ1n) is 18.3. The van der Waals surface area contributed by atoms with E-state index >= 15 is 0 Å². The molecule has 254 valence electrons. The van der Waals surface area contributed by atoms with Gasteiger partial charge in [-0.2, -0.15) is 0 Å². The molecule has 0 radical (unpaired) electrons. The Bertz CT molecular complexity index is 2940. The number of hydrogen-bond acceptors (Lipinski definition) is 2. The van der Waals surface area contributed by atoms with Gasteiger partial charge in [0.2, 0.25) is 0 Å². The summed E-state index contributed by atoms with van der Waals surface area (Å²) in [7, 11) is 2.15. The van der Waals surface area contributed by atoms with Crippen molar-refractivity contribution in [3.05, 3.63) is 193 Å². The van der Waals surface area contributed by atoms with Gasteiger partial charge < -0.3 is 19.8 Å². The number of rotatable bonds is 7. The zero-order valence-corrected chi connectivity index (χ0v) is 29.5. The Hall–Kier alpha value is -6.78. The minimum Gasteiger partial charge on any atom is -0.397 e. The van der Waals surface area contributed by atoms with Crippen LogP contribution in [0.4, 0.5) is 11.4 Å². The van der Waals surface area contributed by atoms with Crippen LogP contribution in [0.2, 0.25) is 0 Å². The predicted molar refractivity (Wildman–Crippen MR) is 225 cm³/mol. The van der Waals surface area contributed by atoms with Crippen molar-refractivity contribution in [3.8, 4) is 11.4 Å². The molecule has 1 atom stereocenters. The van der Waals surface area contributed by atoms with E-state index in [1.807, 2.05) is 12.1 Å². The number of fused-ring (bicyclic) bond motifs is 10. The van der Waals surface area contributed by atoms with E-state index in [0.29, 0.717) is 0 Å². The smallest absolute Gasteiger partial charge is 0.0795 e. The van der Waals surface area contributed by atoms with Gasteiger partial charge in [-0.15, -0.1) is 0 Å². The molecule has 4 nitrogen and oxygen atoms in total. The summed E-state index contributed by atoms with van der Waals surface area (Å²) in [6.07, 6.45) is 0.833. The van der Waals surface area contributed by atoms with Gasteiger partial charge in [0, 0.05) is 40.0 Å². The number of likely N-dealkylation sites (N-methyl/N-ethyl adjacent to an activating group) is 1. The lowest BCUT2D eigenvalue weighted by Crippen LogP contribution is -2.26. The van der Waals surface area contributed by atoms with E-state index in [2.05, 4.69) is 191 Å². The van der Waals surface area contributed by atoms with Crippen LogP contribution < -0.4 is 10.6 Å². The Morgan fingerprint density at radius 1 is 0.472 bits per heavy atom. The second-order valence-corrected chi connectivity index (χ2v) is 14.0. The highest BCUT2D eigenvalue weighted by Gasteiger charge is 2.25. The second kappa shape index (κ2) is 12.5. The van der Waals surface area contributed by atoms with Crippen LogP contribution in [0.1, 0.15) is 17.2 Å². The largest absolute Gasteiger partial charge is 0.397 e. The van der Waals surface area contributed by atoms with Crippen molar-refractivity contribution in [1.82, 2.24) is 9.13 Å². The molecule has 1 unspecified atom stereocenters. The number of benzene rings is 8. The number of aromatic nitrogens is 2. The minimum atomic E-state index is 0.104. The zero-order chi connectivity index (χ0) is 35.5. The first kappa shape index (κ1) is 31.0. The van der Waals surface area contributed by atoms with Gasteiger partial charge in [-0.25, -0.2) is 0 Å². The van der Waals surface area contributed by atoms with Crippen LogP contribution in [0.5, 0.6) is 0 Å². The standard InChI is InChI=1S/C49H38N4/c1-51(44-27-15-12-24-41(44)50)45(34-16-4-2-5-17-34)32-33-28-30-36(31-29-33)53-43-26-14-11-23-40(43)47-38-21-9-8-20-37(38)46-39-22-10-13-25-42(39)52(48(46)49(47)53)35-18-6-3-7-19-35/h2-31,45H,32,50H2,1H3. The lowest BCUT2D eigenvalue weighted by molar-refractivity contribution is 0.667. The van der Waals surface area contributed by atoms with Crippen LogP contribution in [0, 0.1) is 0 Å². The summed E-state index contributed by atoms with van der Waals surface area (Å²) < 4.78 is 4.96. The maximum atomic E-state index is 6.50. The Balaban J connectivity index is 1.22. The summed E-state index contributed by atoms with van der Waals surface area (Å²) in [5, 5.41) is 7.61. The SMILES string of the molecule is CN(c1ccccc1N)C(Cc1ccc(-n2c3ccccc3c3c4ccccc4c4c5ccccc5n(-c5ccccc5)c4c32)cc1)c1ccccc1. The van der Waals surface area contributed by atoms with E-state index in [4.69, 9.17) is 5.73 Å². The first-order chi connectivity index (χ1) is 26.2. The fraction of sp³-hybridized carbons (Fsp3) is 0.0612. The monoisotopic (exact) mass is 682 g/mol. The zero-order valence-electron chi connectivity index (χ0n) is 29.5. The molecule has 2 N–H and O–H groups in total. The lowest BCUT2D eigenvalue weighted by Gasteiger charge is -2.31. The Kier molecular flexibility index (Phi) is 7.29. The van der Waals surface area contributed by atoms with E-state index in [1.165, 1.54) is 65.5 Å². The summed E-state index contributed by atoms with van der Waals surface area (Å²) >= 11 is 0. The molecule has 2 heterocycles. The number of hydrogen-bond donors (Lipinski definition) is 1. The fourth-order valence-electron chi connectivity index (χ4n) is 8.64.